The molecule has 1 aliphatic heterocycles. The maximum absolute atomic E-state index is 4.24. The summed E-state index contributed by atoms with van der Waals surface area (Å²) in [5, 5.41) is 7.74. The van der Waals surface area contributed by atoms with Crippen molar-refractivity contribution in [1.29, 1.82) is 0 Å². The number of nitrogens with one attached hydrogen (secondary N) is 1. The molecule has 17 heavy (non-hydrogen) atoms. The lowest BCUT2D eigenvalue weighted by atomic mass is 10.0. The Morgan fingerprint density at radius 3 is 3.00 bits per heavy atom. The second-order valence-electron chi connectivity index (χ2n) is 5.48. The molecule has 4 heteroatoms. The van der Waals surface area contributed by atoms with Gasteiger partial charge in [-0.2, -0.15) is 5.10 Å². The SMILES string of the molecule is CC(C)CC1CNCCN1Cc1cnn(C)c1. The molecule has 4 nitrogen and oxygen atoms in total. The largest absolute Gasteiger partial charge is 0.314 e. The summed E-state index contributed by atoms with van der Waals surface area (Å²) >= 11 is 0. The molecule has 0 spiro atoms. The quantitative estimate of drug-likeness (QED) is 0.854. The van der Waals surface area contributed by atoms with Gasteiger partial charge in [-0.1, -0.05) is 13.8 Å². The van der Waals surface area contributed by atoms with Crippen LogP contribution in [0.2, 0.25) is 0 Å². The van der Waals surface area contributed by atoms with Crippen LogP contribution in [0.1, 0.15) is 25.8 Å². The summed E-state index contributed by atoms with van der Waals surface area (Å²) in [5.41, 5.74) is 1.32. The van der Waals surface area contributed by atoms with Crippen LogP contribution < -0.4 is 5.32 Å². The first kappa shape index (κ1) is 12.6. The lowest BCUT2D eigenvalue weighted by Crippen LogP contribution is -2.51. The zero-order chi connectivity index (χ0) is 12.3. The fourth-order valence-electron chi connectivity index (χ4n) is 2.58. The highest BCUT2D eigenvalue weighted by atomic mass is 15.3. The van der Waals surface area contributed by atoms with Gasteiger partial charge in [0.1, 0.15) is 0 Å². The molecule has 1 unspecified atom stereocenters. The Morgan fingerprint density at radius 2 is 2.35 bits per heavy atom. The lowest BCUT2D eigenvalue weighted by molar-refractivity contribution is 0.134. The summed E-state index contributed by atoms with van der Waals surface area (Å²) in [5.74, 6) is 0.760. The smallest absolute Gasteiger partial charge is 0.0534 e. The van der Waals surface area contributed by atoms with Gasteiger partial charge in [0.2, 0.25) is 0 Å². The minimum atomic E-state index is 0.670. The molecule has 1 aromatic heterocycles. The van der Waals surface area contributed by atoms with E-state index >= 15 is 0 Å². The second kappa shape index (κ2) is 5.65. The highest BCUT2D eigenvalue weighted by Crippen LogP contribution is 2.16. The monoisotopic (exact) mass is 236 g/mol. The van der Waals surface area contributed by atoms with Crippen molar-refractivity contribution in [1.82, 2.24) is 20.0 Å². The molecule has 0 saturated carbocycles. The molecule has 2 rings (SSSR count). The van der Waals surface area contributed by atoms with Crippen molar-refractivity contribution in [3.63, 3.8) is 0 Å². The van der Waals surface area contributed by atoms with Crippen molar-refractivity contribution < 1.29 is 0 Å². The Hall–Kier alpha value is -0.870. The number of piperazine rings is 1. The van der Waals surface area contributed by atoms with Crippen LogP contribution >= 0.6 is 0 Å². The van der Waals surface area contributed by atoms with Crippen LogP contribution in [0, 0.1) is 5.92 Å². The predicted molar refractivity (Wildman–Crippen MR) is 69.7 cm³/mol. The van der Waals surface area contributed by atoms with Gasteiger partial charge in [0, 0.05) is 51.0 Å². The Kier molecular flexibility index (Phi) is 4.18. The number of hydrogen-bond donors (Lipinski definition) is 1. The van der Waals surface area contributed by atoms with Crippen molar-refractivity contribution in [3.05, 3.63) is 18.0 Å². The summed E-state index contributed by atoms with van der Waals surface area (Å²) in [6.07, 6.45) is 5.37. The molecule has 1 fully saturated rings. The van der Waals surface area contributed by atoms with Crippen molar-refractivity contribution in [2.24, 2.45) is 13.0 Å². The minimum absolute atomic E-state index is 0.670. The van der Waals surface area contributed by atoms with Crippen LogP contribution in [0.5, 0.6) is 0 Å². The van der Waals surface area contributed by atoms with Gasteiger partial charge in [-0.05, 0) is 12.3 Å². The van der Waals surface area contributed by atoms with E-state index in [9.17, 15) is 0 Å². The maximum atomic E-state index is 4.24. The van der Waals surface area contributed by atoms with Crippen LogP contribution in [-0.4, -0.2) is 40.4 Å². The molecule has 1 atom stereocenters. The first-order valence-electron chi connectivity index (χ1n) is 6.57. The van der Waals surface area contributed by atoms with Gasteiger partial charge in [0.25, 0.3) is 0 Å². The first-order chi connectivity index (χ1) is 8.15. The summed E-state index contributed by atoms with van der Waals surface area (Å²) in [6, 6.07) is 0.670. The standard InChI is InChI=1S/C13H24N4/c1-11(2)6-13-8-14-4-5-17(13)10-12-7-15-16(3)9-12/h7,9,11,13-14H,4-6,8,10H2,1-3H3. The molecule has 0 radical (unpaired) electrons. The lowest BCUT2D eigenvalue weighted by Gasteiger charge is -2.37. The average Bonchev–Trinajstić information content (AvgIpc) is 2.66. The van der Waals surface area contributed by atoms with E-state index in [-0.39, 0.29) is 0 Å². The number of aromatic nitrogens is 2. The molecule has 1 aliphatic rings. The Morgan fingerprint density at radius 1 is 1.53 bits per heavy atom. The topological polar surface area (TPSA) is 33.1 Å². The first-order valence-corrected chi connectivity index (χ1v) is 6.57. The van der Waals surface area contributed by atoms with E-state index < -0.39 is 0 Å². The van der Waals surface area contributed by atoms with Crippen LogP contribution in [0.4, 0.5) is 0 Å². The third kappa shape index (κ3) is 3.54. The van der Waals surface area contributed by atoms with E-state index in [0.717, 1.165) is 32.1 Å². The van der Waals surface area contributed by atoms with E-state index in [1.54, 1.807) is 0 Å². The van der Waals surface area contributed by atoms with E-state index in [2.05, 4.69) is 35.4 Å². The summed E-state index contributed by atoms with van der Waals surface area (Å²) in [6.45, 7) is 9.01. The minimum Gasteiger partial charge on any atom is -0.314 e. The number of rotatable bonds is 4. The predicted octanol–water partition coefficient (Wildman–Crippen LogP) is 1.24. The Bertz CT molecular complexity index is 345. The van der Waals surface area contributed by atoms with Gasteiger partial charge < -0.3 is 5.32 Å². The molecule has 0 aliphatic carbocycles. The highest BCUT2D eigenvalue weighted by Gasteiger charge is 2.23. The fraction of sp³-hybridized carbons (Fsp3) is 0.769. The van der Waals surface area contributed by atoms with Crippen molar-refractivity contribution >= 4 is 0 Å². The van der Waals surface area contributed by atoms with Crippen LogP contribution in [0.3, 0.4) is 0 Å². The van der Waals surface area contributed by atoms with E-state index in [1.807, 2.05) is 17.9 Å². The molecule has 0 amide bonds. The van der Waals surface area contributed by atoms with Crippen molar-refractivity contribution in [2.45, 2.75) is 32.9 Å². The zero-order valence-electron chi connectivity index (χ0n) is 11.2. The van der Waals surface area contributed by atoms with E-state index in [1.165, 1.54) is 12.0 Å². The molecular weight excluding hydrogens is 212 g/mol. The molecule has 96 valence electrons. The molecule has 1 saturated heterocycles. The van der Waals surface area contributed by atoms with E-state index in [4.69, 9.17) is 0 Å². The Balaban J connectivity index is 1.96. The van der Waals surface area contributed by atoms with Crippen LogP contribution in [0.15, 0.2) is 12.4 Å². The molecule has 1 N–H and O–H groups in total. The van der Waals surface area contributed by atoms with E-state index in [0.29, 0.717) is 6.04 Å². The third-order valence-electron chi connectivity index (χ3n) is 3.36. The number of aryl methyl sites for hydroxylation is 1. The fourth-order valence-corrected chi connectivity index (χ4v) is 2.58. The van der Waals surface area contributed by atoms with Gasteiger partial charge in [-0.15, -0.1) is 0 Å². The summed E-state index contributed by atoms with van der Waals surface area (Å²) in [7, 11) is 1.98. The molecule has 1 aromatic rings. The number of nitrogens with zero attached hydrogens (tertiary/aromatic N) is 3. The van der Waals surface area contributed by atoms with Gasteiger partial charge in [-0.3, -0.25) is 9.58 Å². The average molecular weight is 236 g/mol. The molecular formula is C13H24N4. The van der Waals surface area contributed by atoms with Gasteiger partial charge >= 0.3 is 0 Å². The highest BCUT2D eigenvalue weighted by molar-refractivity contribution is 5.04. The molecule has 0 aromatic carbocycles. The third-order valence-corrected chi connectivity index (χ3v) is 3.36. The van der Waals surface area contributed by atoms with Crippen molar-refractivity contribution in [2.75, 3.05) is 19.6 Å². The molecule has 2 heterocycles. The van der Waals surface area contributed by atoms with Crippen molar-refractivity contribution in [3.8, 4) is 0 Å². The number of hydrogen-bond acceptors (Lipinski definition) is 3. The maximum Gasteiger partial charge on any atom is 0.0534 e. The van der Waals surface area contributed by atoms with Gasteiger partial charge in [0.05, 0.1) is 6.20 Å². The summed E-state index contributed by atoms with van der Waals surface area (Å²) in [4.78, 5) is 2.59. The van der Waals surface area contributed by atoms with Gasteiger partial charge in [0.15, 0.2) is 0 Å². The summed E-state index contributed by atoms with van der Waals surface area (Å²) < 4.78 is 1.88. The zero-order valence-corrected chi connectivity index (χ0v) is 11.2. The van der Waals surface area contributed by atoms with Crippen LogP contribution in [-0.2, 0) is 13.6 Å². The molecule has 0 bridgehead atoms. The van der Waals surface area contributed by atoms with Crippen LogP contribution in [0.25, 0.3) is 0 Å². The second-order valence-corrected chi connectivity index (χ2v) is 5.48. The van der Waals surface area contributed by atoms with Gasteiger partial charge in [-0.25, -0.2) is 0 Å². The normalized spacial score (nSPS) is 22.2. The Labute approximate surface area is 104 Å².